The molecule has 1 N–H and O–H groups in total. The SMILES string of the molecule is C.C.O=C1CCc2cc(/C=C/C(=O)N3C[C@@H]4CC(n5cnnn5)=C[C@@H]4C3)cnc2N1. The van der Waals surface area contributed by atoms with Crippen molar-refractivity contribution < 1.29 is 9.59 Å². The molecule has 2 aromatic heterocycles. The van der Waals surface area contributed by atoms with E-state index in [-0.39, 0.29) is 26.7 Å². The van der Waals surface area contributed by atoms with Gasteiger partial charge in [-0.15, -0.1) is 5.10 Å². The van der Waals surface area contributed by atoms with Gasteiger partial charge in [-0.1, -0.05) is 20.9 Å². The lowest BCUT2D eigenvalue weighted by Crippen LogP contribution is -2.27. The molecule has 158 valence electrons. The van der Waals surface area contributed by atoms with E-state index in [1.807, 2.05) is 11.0 Å². The van der Waals surface area contributed by atoms with E-state index in [4.69, 9.17) is 0 Å². The highest BCUT2D eigenvalue weighted by Gasteiger charge is 2.38. The summed E-state index contributed by atoms with van der Waals surface area (Å²) in [5.74, 6) is 1.40. The van der Waals surface area contributed by atoms with Crippen molar-refractivity contribution in [3.05, 3.63) is 41.9 Å². The number of fused-ring (bicyclic) bond motifs is 2. The minimum absolute atomic E-state index is 0. The number of amides is 2. The van der Waals surface area contributed by atoms with Gasteiger partial charge in [0.2, 0.25) is 11.8 Å². The lowest BCUT2D eigenvalue weighted by atomic mass is 10.0. The van der Waals surface area contributed by atoms with Crippen LogP contribution in [0.4, 0.5) is 5.82 Å². The first-order chi connectivity index (χ1) is 13.7. The molecule has 0 aromatic carbocycles. The van der Waals surface area contributed by atoms with Crippen molar-refractivity contribution in [2.45, 2.75) is 34.1 Å². The highest BCUT2D eigenvalue weighted by Crippen LogP contribution is 2.38. The van der Waals surface area contributed by atoms with Crippen molar-refractivity contribution in [1.82, 2.24) is 30.1 Å². The Morgan fingerprint density at radius 3 is 2.87 bits per heavy atom. The molecule has 2 aliphatic heterocycles. The number of hydrogen-bond acceptors (Lipinski definition) is 6. The molecule has 9 heteroatoms. The first kappa shape index (κ1) is 21.4. The summed E-state index contributed by atoms with van der Waals surface area (Å²) >= 11 is 0. The topological polar surface area (TPSA) is 106 Å². The average Bonchev–Trinajstić information content (AvgIpc) is 3.41. The molecule has 0 spiro atoms. The Morgan fingerprint density at radius 1 is 1.23 bits per heavy atom. The van der Waals surface area contributed by atoms with Crippen LogP contribution >= 0.6 is 0 Å². The fourth-order valence-electron chi connectivity index (χ4n) is 4.17. The molecule has 1 aliphatic carbocycles. The molecule has 4 heterocycles. The maximum atomic E-state index is 12.6. The molecular weight excluding hydrogens is 382 g/mol. The second kappa shape index (κ2) is 8.56. The zero-order valence-electron chi connectivity index (χ0n) is 15.2. The molecule has 9 nitrogen and oxygen atoms in total. The fraction of sp³-hybridized carbons (Fsp3) is 0.429. The van der Waals surface area contributed by atoms with Gasteiger partial charge in [0.1, 0.15) is 12.1 Å². The number of carbonyl (C=O) groups excluding carboxylic acids is 2. The third-order valence-corrected chi connectivity index (χ3v) is 5.61. The van der Waals surface area contributed by atoms with Crippen LogP contribution in [0.15, 0.2) is 30.7 Å². The van der Waals surface area contributed by atoms with Crippen LogP contribution in [0.1, 0.15) is 38.8 Å². The molecule has 0 bridgehead atoms. The normalized spacial score (nSPS) is 21.9. The predicted molar refractivity (Wildman–Crippen MR) is 114 cm³/mol. The number of pyridine rings is 1. The van der Waals surface area contributed by atoms with Crippen LogP contribution in [-0.4, -0.2) is 55.0 Å². The van der Waals surface area contributed by atoms with Crippen LogP contribution in [0, 0.1) is 11.8 Å². The summed E-state index contributed by atoms with van der Waals surface area (Å²) in [7, 11) is 0. The molecule has 1 saturated heterocycles. The number of likely N-dealkylation sites (tertiary alicyclic amines) is 1. The molecule has 0 radical (unpaired) electrons. The van der Waals surface area contributed by atoms with E-state index in [2.05, 4.69) is 31.9 Å². The number of allylic oxidation sites excluding steroid dienone is 1. The molecular formula is C21H27N7O2. The standard InChI is InChI=1S/C19H19N7O2.2CH4/c27-17-3-2-13-5-12(8-20-19(13)22-17)1-4-18(28)25-9-14-6-16(7-15(14)10-25)26-11-21-23-24-26;;/h1,4-6,8,11,14-15H,2-3,7,9-10H2,(H,20,22,27);2*1H4/b4-1+;;/t14-,15+;;/m1../s1. The van der Waals surface area contributed by atoms with E-state index in [1.165, 1.54) is 0 Å². The van der Waals surface area contributed by atoms with Gasteiger partial charge in [0, 0.05) is 43.4 Å². The number of aryl methyl sites for hydroxylation is 1. The number of nitrogens with zero attached hydrogens (tertiary/aromatic N) is 6. The van der Waals surface area contributed by atoms with E-state index in [9.17, 15) is 9.59 Å². The van der Waals surface area contributed by atoms with Crippen molar-refractivity contribution in [3.63, 3.8) is 0 Å². The number of aromatic nitrogens is 5. The molecule has 0 saturated carbocycles. The maximum Gasteiger partial charge on any atom is 0.246 e. The van der Waals surface area contributed by atoms with Crippen molar-refractivity contribution in [2.75, 3.05) is 18.4 Å². The highest BCUT2D eigenvalue weighted by molar-refractivity contribution is 5.94. The van der Waals surface area contributed by atoms with Gasteiger partial charge in [0.25, 0.3) is 0 Å². The number of anilines is 1. The number of hydrogen-bond donors (Lipinski definition) is 1. The van der Waals surface area contributed by atoms with Crippen molar-refractivity contribution in [3.8, 4) is 0 Å². The Labute approximate surface area is 175 Å². The quantitative estimate of drug-likeness (QED) is 0.780. The lowest BCUT2D eigenvalue weighted by molar-refractivity contribution is -0.125. The second-order valence-corrected chi connectivity index (χ2v) is 7.44. The summed E-state index contributed by atoms with van der Waals surface area (Å²) in [6.07, 6.45) is 10.9. The van der Waals surface area contributed by atoms with Gasteiger partial charge < -0.3 is 10.2 Å². The van der Waals surface area contributed by atoms with Crippen molar-refractivity contribution in [2.24, 2.45) is 11.8 Å². The lowest BCUT2D eigenvalue weighted by Gasteiger charge is -2.16. The third-order valence-electron chi connectivity index (χ3n) is 5.61. The van der Waals surface area contributed by atoms with Crippen LogP contribution in [0.3, 0.4) is 0 Å². The summed E-state index contributed by atoms with van der Waals surface area (Å²) < 4.78 is 1.70. The van der Waals surface area contributed by atoms with Gasteiger partial charge in [-0.25, -0.2) is 9.67 Å². The summed E-state index contributed by atoms with van der Waals surface area (Å²) in [5.41, 5.74) is 2.98. The molecule has 0 unspecified atom stereocenters. The van der Waals surface area contributed by atoms with E-state index in [1.54, 1.807) is 29.4 Å². The van der Waals surface area contributed by atoms with Crippen LogP contribution in [-0.2, 0) is 16.0 Å². The van der Waals surface area contributed by atoms with Crippen LogP contribution in [0.5, 0.6) is 0 Å². The molecule has 2 aromatic rings. The average molecular weight is 409 g/mol. The molecule has 2 atom stereocenters. The summed E-state index contributed by atoms with van der Waals surface area (Å²) in [5, 5.41) is 14.1. The Bertz CT molecular complexity index is 997. The van der Waals surface area contributed by atoms with Crippen LogP contribution < -0.4 is 5.32 Å². The highest BCUT2D eigenvalue weighted by atomic mass is 16.2. The smallest absolute Gasteiger partial charge is 0.246 e. The Morgan fingerprint density at radius 2 is 2.10 bits per heavy atom. The number of rotatable bonds is 3. The number of tetrazole rings is 1. The second-order valence-electron chi connectivity index (χ2n) is 7.44. The summed E-state index contributed by atoms with van der Waals surface area (Å²) in [6.45, 7) is 1.46. The van der Waals surface area contributed by atoms with E-state index in [0.29, 0.717) is 37.0 Å². The van der Waals surface area contributed by atoms with Gasteiger partial charge >= 0.3 is 0 Å². The zero-order valence-corrected chi connectivity index (χ0v) is 15.2. The van der Waals surface area contributed by atoms with Gasteiger partial charge in [-0.3, -0.25) is 9.59 Å². The van der Waals surface area contributed by atoms with Crippen molar-refractivity contribution >= 4 is 29.4 Å². The third kappa shape index (κ3) is 4.00. The van der Waals surface area contributed by atoms with Gasteiger partial charge in [-0.05, 0) is 52.5 Å². The molecule has 2 amide bonds. The monoisotopic (exact) mass is 409 g/mol. The summed E-state index contributed by atoms with van der Waals surface area (Å²) in [6, 6.07) is 1.98. The van der Waals surface area contributed by atoms with Gasteiger partial charge in [0.05, 0.1) is 0 Å². The van der Waals surface area contributed by atoms with E-state index in [0.717, 1.165) is 29.8 Å². The number of carbonyl (C=O) groups is 2. The van der Waals surface area contributed by atoms with Crippen molar-refractivity contribution in [1.29, 1.82) is 0 Å². The first-order valence-electron chi connectivity index (χ1n) is 9.35. The molecule has 5 rings (SSSR count). The van der Waals surface area contributed by atoms with Gasteiger partial charge in [0.15, 0.2) is 0 Å². The van der Waals surface area contributed by atoms with Crippen LogP contribution in [0.25, 0.3) is 11.8 Å². The minimum Gasteiger partial charge on any atom is -0.338 e. The van der Waals surface area contributed by atoms with Crippen LogP contribution in [0.2, 0.25) is 0 Å². The Hall–Kier alpha value is -3.36. The first-order valence-corrected chi connectivity index (χ1v) is 9.35. The zero-order chi connectivity index (χ0) is 19.1. The summed E-state index contributed by atoms with van der Waals surface area (Å²) in [4.78, 5) is 30.2. The Balaban J connectivity index is 0.00000128. The molecule has 1 fully saturated rings. The largest absolute Gasteiger partial charge is 0.338 e. The molecule has 30 heavy (non-hydrogen) atoms. The van der Waals surface area contributed by atoms with E-state index < -0.39 is 0 Å². The number of nitrogens with one attached hydrogen (secondary N) is 1. The Kier molecular flexibility index (Phi) is 6.09. The van der Waals surface area contributed by atoms with E-state index >= 15 is 0 Å². The maximum absolute atomic E-state index is 12.6. The minimum atomic E-state index is -0.00431. The predicted octanol–water partition coefficient (Wildman–Crippen LogP) is 2.26. The fourth-order valence-corrected chi connectivity index (χ4v) is 4.17. The molecule has 3 aliphatic rings. The van der Waals surface area contributed by atoms with Gasteiger partial charge in [-0.2, -0.15) is 0 Å².